The van der Waals surface area contributed by atoms with Crippen LogP contribution < -0.4 is 5.32 Å². The second kappa shape index (κ2) is 6.47. The summed E-state index contributed by atoms with van der Waals surface area (Å²) >= 11 is 3.42. The Morgan fingerprint density at radius 2 is 2.37 bits per heavy atom. The number of nitrogens with zero attached hydrogens (tertiary/aromatic N) is 2. The zero-order valence-electron chi connectivity index (χ0n) is 10.6. The van der Waals surface area contributed by atoms with Gasteiger partial charge in [-0.25, -0.2) is 4.98 Å². The van der Waals surface area contributed by atoms with Gasteiger partial charge >= 0.3 is 0 Å². The second-order valence-corrected chi connectivity index (χ2v) is 5.21. The minimum absolute atomic E-state index is 0.00359. The summed E-state index contributed by atoms with van der Waals surface area (Å²) in [5.41, 5.74) is 1.14. The lowest BCUT2D eigenvalue weighted by Gasteiger charge is -2.10. The highest BCUT2D eigenvalue weighted by Crippen LogP contribution is 2.13. The van der Waals surface area contributed by atoms with E-state index in [0.29, 0.717) is 18.7 Å². The number of hydrogen-bond acceptors (Lipinski definition) is 3. The number of H-pyrrole nitrogens is 1. The first-order valence-electron chi connectivity index (χ1n) is 6.04. The molecule has 0 bridgehead atoms. The summed E-state index contributed by atoms with van der Waals surface area (Å²) < 4.78 is 1.03. The Bertz CT molecular complexity index is 541. The molecule has 5 nitrogen and oxygen atoms in total. The van der Waals surface area contributed by atoms with Gasteiger partial charge in [0.2, 0.25) is 5.91 Å². The Labute approximate surface area is 120 Å². The molecule has 0 fully saturated rings. The molecule has 19 heavy (non-hydrogen) atoms. The smallest absolute Gasteiger partial charge is 0.220 e. The molecule has 1 heterocycles. The zero-order chi connectivity index (χ0) is 13.7. The van der Waals surface area contributed by atoms with Gasteiger partial charge in [-0.05, 0) is 31.0 Å². The molecule has 6 heteroatoms. The molecule has 0 saturated carbocycles. The highest BCUT2D eigenvalue weighted by molar-refractivity contribution is 9.10. The van der Waals surface area contributed by atoms with Crippen molar-refractivity contribution in [2.45, 2.75) is 25.8 Å². The predicted molar refractivity (Wildman–Crippen MR) is 75.4 cm³/mol. The summed E-state index contributed by atoms with van der Waals surface area (Å²) in [6.45, 7) is 1.87. The van der Waals surface area contributed by atoms with Crippen LogP contribution >= 0.6 is 15.9 Å². The maximum Gasteiger partial charge on any atom is 0.220 e. The number of aromatic nitrogens is 3. The molecule has 2 rings (SSSR count). The van der Waals surface area contributed by atoms with E-state index < -0.39 is 0 Å². The van der Waals surface area contributed by atoms with Crippen molar-refractivity contribution in [3.63, 3.8) is 0 Å². The molecule has 1 amide bonds. The Morgan fingerprint density at radius 3 is 3.05 bits per heavy atom. The molecule has 1 aromatic carbocycles. The van der Waals surface area contributed by atoms with Gasteiger partial charge in [0.25, 0.3) is 0 Å². The van der Waals surface area contributed by atoms with E-state index >= 15 is 0 Å². The lowest BCUT2D eigenvalue weighted by atomic mass is 10.1. The molecule has 0 spiro atoms. The average Bonchev–Trinajstić information content (AvgIpc) is 2.90. The molecule has 1 unspecified atom stereocenters. The van der Waals surface area contributed by atoms with Gasteiger partial charge in [-0.1, -0.05) is 28.1 Å². The van der Waals surface area contributed by atoms with Crippen molar-refractivity contribution in [2.24, 2.45) is 0 Å². The normalized spacial score (nSPS) is 12.1. The summed E-state index contributed by atoms with van der Waals surface area (Å²) in [4.78, 5) is 15.8. The molecule has 2 N–H and O–H groups in total. The van der Waals surface area contributed by atoms with Gasteiger partial charge < -0.3 is 5.32 Å². The van der Waals surface area contributed by atoms with Crippen molar-refractivity contribution in [1.29, 1.82) is 0 Å². The first-order chi connectivity index (χ1) is 9.15. The minimum Gasteiger partial charge on any atom is -0.346 e. The Kier molecular flexibility index (Phi) is 4.68. The van der Waals surface area contributed by atoms with Crippen molar-refractivity contribution < 1.29 is 4.79 Å². The number of rotatable bonds is 5. The van der Waals surface area contributed by atoms with Crippen molar-refractivity contribution in [2.75, 3.05) is 0 Å². The van der Waals surface area contributed by atoms with Crippen LogP contribution in [0.15, 0.2) is 35.1 Å². The fourth-order valence-corrected chi connectivity index (χ4v) is 2.20. The molecular weight excluding hydrogens is 308 g/mol. The van der Waals surface area contributed by atoms with E-state index in [2.05, 4.69) is 36.4 Å². The first kappa shape index (κ1) is 13.7. The number of hydrogen-bond donors (Lipinski definition) is 2. The second-order valence-electron chi connectivity index (χ2n) is 4.29. The standard InChI is InChI=1S/C13H15BrN4O/c1-9(13-15-8-16-18-13)17-12(19)6-5-10-3-2-4-11(14)7-10/h2-4,7-9H,5-6H2,1H3,(H,17,19)(H,15,16,18). The van der Waals surface area contributed by atoms with Crippen LogP contribution in [0, 0.1) is 0 Å². The maximum absolute atomic E-state index is 11.8. The van der Waals surface area contributed by atoms with Gasteiger partial charge in [-0.15, -0.1) is 0 Å². The number of carbonyl (C=O) groups excluding carboxylic acids is 1. The largest absolute Gasteiger partial charge is 0.346 e. The molecule has 1 atom stereocenters. The third-order valence-corrected chi connectivity index (χ3v) is 3.24. The van der Waals surface area contributed by atoms with Crippen LogP contribution in [0.4, 0.5) is 0 Å². The van der Waals surface area contributed by atoms with Crippen molar-refractivity contribution in [3.8, 4) is 0 Å². The van der Waals surface area contributed by atoms with Gasteiger partial charge in [0.15, 0.2) is 0 Å². The van der Waals surface area contributed by atoms with E-state index in [1.807, 2.05) is 31.2 Å². The maximum atomic E-state index is 11.8. The van der Waals surface area contributed by atoms with Crippen molar-refractivity contribution in [1.82, 2.24) is 20.5 Å². The van der Waals surface area contributed by atoms with Gasteiger partial charge in [0.05, 0.1) is 6.04 Å². The lowest BCUT2D eigenvalue weighted by molar-refractivity contribution is -0.121. The van der Waals surface area contributed by atoms with Gasteiger partial charge in [-0.2, -0.15) is 5.10 Å². The van der Waals surface area contributed by atoms with E-state index in [0.717, 1.165) is 10.0 Å². The number of amides is 1. The number of aromatic amines is 1. The molecule has 0 aliphatic carbocycles. The van der Waals surface area contributed by atoms with Gasteiger partial charge in [0.1, 0.15) is 12.2 Å². The molecule has 1 aromatic heterocycles. The zero-order valence-corrected chi connectivity index (χ0v) is 12.1. The van der Waals surface area contributed by atoms with E-state index in [9.17, 15) is 4.79 Å². The van der Waals surface area contributed by atoms with E-state index in [4.69, 9.17) is 0 Å². The Hall–Kier alpha value is -1.69. The summed E-state index contributed by atoms with van der Waals surface area (Å²) in [5, 5.41) is 9.39. The number of halogens is 1. The average molecular weight is 323 g/mol. The van der Waals surface area contributed by atoms with Crippen LogP contribution in [0.1, 0.15) is 30.8 Å². The quantitative estimate of drug-likeness (QED) is 0.887. The highest BCUT2D eigenvalue weighted by atomic mass is 79.9. The highest BCUT2D eigenvalue weighted by Gasteiger charge is 2.11. The molecule has 2 aromatic rings. The van der Waals surface area contributed by atoms with Crippen LogP contribution in [0.3, 0.4) is 0 Å². The molecule has 0 radical (unpaired) electrons. The molecular formula is C13H15BrN4O. The third-order valence-electron chi connectivity index (χ3n) is 2.75. The number of benzene rings is 1. The van der Waals surface area contributed by atoms with Crippen molar-refractivity contribution >= 4 is 21.8 Å². The predicted octanol–water partition coefficient (Wildman–Crippen LogP) is 2.38. The molecule has 0 saturated heterocycles. The van der Waals surface area contributed by atoms with Crippen molar-refractivity contribution in [3.05, 3.63) is 46.5 Å². The van der Waals surface area contributed by atoms with Crippen LogP contribution in [-0.4, -0.2) is 21.1 Å². The minimum atomic E-state index is -0.155. The molecule has 0 aliphatic rings. The number of carbonyl (C=O) groups is 1. The Balaban J connectivity index is 1.82. The van der Waals surface area contributed by atoms with E-state index in [-0.39, 0.29) is 11.9 Å². The van der Waals surface area contributed by atoms with Gasteiger partial charge in [0, 0.05) is 10.9 Å². The lowest BCUT2D eigenvalue weighted by Crippen LogP contribution is -2.27. The summed E-state index contributed by atoms with van der Waals surface area (Å²) in [5.74, 6) is 0.666. The van der Waals surface area contributed by atoms with Crippen LogP contribution in [0.25, 0.3) is 0 Å². The van der Waals surface area contributed by atoms with Gasteiger partial charge in [-0.3, -0.25) is 9.89 Å². The Morgan fingerprint density at radius 1 is 1.53 bits per heavy atom. The number of aryl methyl sites for hydroxylation is 1. The third kappa shape index (κ3) is 4.17. The van der Waals surface area contributed by atoms with E-state index in [1.165, 1.54) is 6.33 Å². The number of nitrogens with one attached hydrogen (secondary N) is 2. The SMILES string of the molecule is CC(NC(=O)CCc1cccc(Br)c1)c1ncn[nH]1. The van der Waals surface area contributed by atoms with Crippen LogP contribution in [0.5, 0.6) is 0 Å². The van der Waals surface area contributed by atoms with E-state index in [1.54, 1.807) is 0 Å². The molecule has 100 valence electrons. The summed E-state index contributed by atoms with van der Waals surface area (Å²) in [7, 11) is 0. The monoisotopic (exact) mass is 322 g/mol. The van der Waals surface area contributed by atoms with Crippen LogP contribution in [0.2, 0.25) is 0 Å². The molecule has 0 aliphatic heterocycles. The summed E-state index contributed by atoms with van der Waals surface area (Å²) in [6.07, 6.45) is 2.60. The fourth-order valence-electron chi connectivity index (χ4n) is 1.76. The topological polar surface area (TPSA) is 70.7 Å². The fraction of sp³-hybridized carbons (Fsp3) is 0.308. The summed E-state index contributed by atoms with van der Waals surface area (Å²) in [6, 6.07) is 7.81. The van der Waals surface area contributed by atoms with Crippen LogP contribution in [-0.2, 0) is 11.2 Å². The first-order valence-corrected chi connectivity index (χ1v) is 6.83.